The van der Waals surface area contributed by atoms with Crippen molar-refractivity contribution in [1.29, 1.82) is 0 Å². The minimum absolute atomic E-state index is 0.684. The molecule has 1 saturated carbocycles. The average molecular weight is 141 g/mol. The monoisotopic (exact) mass is 141 g/mol. The van der Waals surface area contributed by atoms with Crippen LogP contribution in [-0.4, -0.2) is 12.8 Å². The van der Waals surface area contributed by atoms with E-state index in [1.165, 1.54) is 25.7 Å². The molecule has 0 amide bonds. The summed E-state index contributed by atoms with van der Waals surface area (Å²) in [7, 11) is 0. The van der Waals surface area contributed by atoms with Gasteiger partial charge in [0.15, 0.2) is 0 Å². The summed E-state index contributed by atoms with van der Waals surface area (Å²) in [6, 6.07) is 0. The van der Waals surface area contributed by atoms with Crippen LogP contribution in [0.25, 0.3) is 0 Å². The molecule has 0 N–H and O–H groups in total. The second-order valence-corrected chi connectivity index (χ2v) is 2.72. The van der Waals surface area contributed by atoms with Gasteiger partial charge >= 0.3 is 0 Å². The molecule has 10 heavy (non-hydrogen) atoms. The van der Waals surface area contributed by atoms with E-state index >= 15 is 0 Å². The summed E-state index contributed by atoms with van der Waals surface area (Å²) in [4.78, 5) is 4.86. The molecule has 0 unspecified atom stereocenters. The van der Waals surface area contributed by atoms with Crippen LogP contribution in [0.2, 0.25) is 0 Å². The third-order valence-electron chi connectivity index (χ3n) is 1.88. The summed E-state index contributed by atoms with van der Waals surface area (Å²) in [5, 5.41) is 3.85. The SMILES string of the molecule is CCON=CC1CCCC1. The summed E-state index contributed by atoms with van der Waals surface area (Å²) in [5.41, 5.74) is 0. The normalized spacial score (nSPS) is 20.5. The number of oxime groups is 1. The van der Waals surface area contributed by atoms with E-state index in [-0.39, 0.29) is 0 Å². The lowest BCUT2D eigenvalue weighted by Crippen LogP contribution is -1.94. The van der Waals surface area contributed by atoms with Gasteiger partial charge in [0.25, 0.3) is 0 Å². The predicted octanol–water partition coefficient (Wildman–Crippen LogP) is 2.20. The number of hydrogen-bond donors (Lipinski definition) is 0. The van der Waals surface area contributed by atoms with Crippen molar-refractivity contribution < 1.29 is 4.84 Å². The Hall–Kier alpha value is -0.530. The quantitative estimate of drug-likeness (QED) is 0.436. The summed E-state index contributed by atoms with van der Waals surface area (Å²) in [6.45, 7) is 2.63. The van der Waals surface area contributed by atoms with Crippen LogP contribution >= 0.6 is 0 Å². The Bertz CT molecular complexity index is 106. The Morgan fingerprint density at radius 3 is 2.80 bits per heavy atom. The summed E-state index contributed by atoms with van der Waals surface area (Å²) < 4.78 is 0. The summed E-state index contributed by atoms with van der Waals surface area (Å²) >= 11 is 0. The summed E-state index contributed by atoms with van der Waals surface area (Å²) in [5.74, 6) is 0.701. The Kier molecular flexibility index (Phi) is 3.27. The van der Waals surface area contributed by atoms with Crippen molar-refractivity contribution in [2.75, 3.05) is 6.61 Å². The van der Waals surface area contributed by atoms with Crippen LogP contribution in [0.1, 0.15) is 32.6 Å². The number of rotatable bonds is 3. The zero-order chi connectivity index (χ0) is 7.23. The molecule has 0 aromatic rings. The van der Waals surface area contributed by atoms with Crippen molar-refractivity contribution in [1.82, 2.24) is 0 Å². The minimum atomic E-state index is 0.684. The first-order valence-electron chi connectivity index (χ1n) is 4.09. The van der Waals surface area contributed by atoms with Gasteiger partial charge in [-0.1, -0.05) is 18.0 Å². The van der Waals surface area contributed by atoms with Crippen molar-refractivity contribution >= 4 is 6.21 Å². The lowest BCUT2D eigenvalue weighted by atomic mass is 10.1. The first kappa shape index (κ1) is 7.58. The molecular weight excluding hydrogens is 126 g/mol. The molecule has 2 heteroatoms. The fourth-order valence-electron chi connectivity index (χ4n) is 1.31. The zero-order valence-electron chi connectivity index (χ0n) is 6.55. The van der Waals surface area contributed by atoms with Crippen molar-refractivity contribution in [3.05, 3.63) is 0 Å². The molecule has 0 spiro atoms. The highest BCUT2D eigenvalue weighted by atomic mass is 16.6. The van der Waals surface area contributed by atoms with E-state index in [1.54, 1.807) is 0 Å². The molecule has 1 fully saturated rings. The highest BCUT2D eigenvalue weighted by molar-refractivity contribution is 5.60. The molecule has 0 saturated heterocycles. The lowest BCUT2D eigenvalue weighted by Gasteiger charge is -1.97. The molecule has 1 rings (SSSR count). The molecule has 2 nitrogen and oxygen atoms in total. The van der Waals surface area contributed by atoms with Crippen molar-refractivity contribution in [3.8, 4) is 0 Å². The maximum atomic E-state index is 4.86. The van der Waals surface area contributed by atoms with Gasteiger partial charge in [-0.05, 0) is 25.7 Å². The first-order valence-corrected chi connectivity index (χ1v) is 4.09. The van der Waals surface area contributed by atoms with Crippen LogP contribution in [-0.2, 0) is 4.84 Å². The van der Waals surface area contributed by atoms with E-state index in [2.05, 4.69) is 5.16 Å². The smallest absolute Gasteiger partial charge is 0.114 e. The molecule has 1 aliphatic rings. The van der Waals surface area contributed by atoms with E-state index in [4.69, 9.17) is 4.84 Å². The van der Waals surface area contributed by atoms with Crippen molar-refractivity contribution in [2.45, 2.75) is 32.6 Å². The van der Waals surface area contributed by atoms with Crippen LogP contribution in [0.4, 0.5) is 0 Å². The molecule has 1 aliphatic carbocycles. The highest BCUT2D eigenvalue weighted by Crippen LogP contribution is 2.22. The Balaban J connectivity index is 2.10. The second-order valence-electron chi connectivity index (χ2n) is 2.72. The van der Waals surface area contributed by atoms with Gasteiger partial charge in [-0.15, -0.1) is 0 Å². The Labute approximate surface area is 62.3 Å². The topological polar surface area (TPSA) is 21.6 Å². The van der Waals surface area contributed by atoms with E-state index in [0.717, 1.165) is 0 Å². The largest absolute Gasteiger partial charge is 0.396 e. The second kappa shape index (κ2) is 4.31. The van der Waals surface area contributed by atoms with E-state index in [0.29, 0.717) is 12.5 Å². The van der Waals surface area contributed by atoms with E-state index in [1.807, 2.05) is 13.1 Å². The first-order chi connectivity index (χ1) is 4.93. The minimum Gasteiger partial charge on any atom is -0.396 e. The van der Waals surface area contributed by atoms with Gasteiger partial charge in [0.05, 0.1) is 0 Å². The number of nitrogens with zero attached hydrogens (tertiary/aromatic N) is 1. The van der Waals surface area contributed by atoms with Gasteiger partial charge in [0.1, 0.15) is 6.61 Å². The highest BCUT2D eigenvalue weighted by Gasteiger charge is 2.11. The zero-order valence-corrected chi connectivity index (χ0v) is 6.55. The van der Waals surface area contributed by atoms with Crippen molar-refractivity contribution in [3.63, 3.8) is 0 Å². The molecule has 0 bridgehead atoms. The van der Waals surface area contributed by atoms with Gasteiger partial charge in [-0.2, -0.15) is 0 Å². The van der Waals surface area contributed by atoms with E-state index < -0.39 is 0 Å². The van der Waals surface area contributed by atoms with Gasteiger partial charge < -0.3 is 4.84 Å². The maximum Gasteiger partial charge on any atom is 0.114 e. The predicted molar refractivity (Wildman–Crippen MR) is 42.1 cm³/mol. The third-order valence-corrected chi connectivity index (χ3v) is 1.88. The van der Waals surface area contributed by atoms with Crippen LogP contribution in [0.15, 0.2) is 5.16 Å². The van der Waals surface area contributed by atoms with Gasteiger partial charge in [-0.25, -0.2) is 0 Å². The van der Waals surface area contributed by atoms with Gasteiger partial charge in [0.2, 0.25) is 0 Å². The van der Waals surface area contributed by atoms with Crippen LogP contribution in [0, 0.1) is 5.92 Å². The fourth-order valence-corrected chi connectivity index (χ4v) is 1.31. The molecule has 0 heterocycles. The molecular formula is C8H15NO. The van der Waals surface area contributed by atoms with Gasteiger partial charge in [-0.3, -0.25) is 0 Å². The molecule has 0 aliphatic heterocycles. The van der Waals surface area contributed by atoms with Crippen LogP contribution in [0.3, 0.4) is 0 Å². The lowest BCUT2D eigenvalue weighted by molar-refractivity contribution is 0.159. The Morgan fingerprint density at radius 2 is 2.20 bits per heavy atom. The molecule has 0 aromatic carbocycles. The standard InChI is InChI=1S/C8H15NO/c1-2-10-9-7-8-5-3-4-6-8/h7-8H,2-6H2,1H3. The fraction of sp³-hybridized carbons (Fsp3) is 0.875. The van der Waals surface area contributed by atoms with Crippen LogP contribution in [0.5, 0.6) is 0 Å². The summed E-state index contributed by atoms with van der Waals surface area (Å²) in [6.07, 6.45) is 7.29. The van der Waals surface area contributed by atoms with Gasteiger partial charge in [0, 0.05) is 6.21 Å². The maximum absolute atomic E-state index is 4.86. The van der Waals surface area contributed by atoms with Crippen LogP contribution < -0.4 is 0 Å². The molecule has 0 radical (unpaired) electrons. The third kappa shape index (κ3) is 2.38. The molecule has 0 aromatic heterocycles. The molecule has 58 valence electrons. The molecule has 0 atom stereocenters. The van der Waals surface area contributed by atoms with Crippen molar-refractivity contribution in [2.24, 2.45) is 11.1 Å². The van der Waals surface area contributed by atoms with E-state index in [9.17, 15) is 0 Å². The Morgan fingerprint density at radius 1 is 1.50 bits per heavy atom. The number of hydrogen-bond acceptors (Lipinski definition) is 2. The average Bonchev–Trinajstić information content (AvgIpc) is 2.41.